The highest BCUT2D eigenvalue weighted by Gasteiger charge is 2.14. The molecule has 1 amide bonds. The van der Waals surface area contributed by atoms with Gasteiger partial charge >= 0.3 is 0 Å². The molecule has 0 aliphatic carbocycles. The van der Waals surface area contributed by atoms with Crippen molar-refractivity contribution in [1.29, 1.82) is 0 Å². The molecule has 0 aromatic heterocycles. The van der Waals surface area contributed by atoms with Gasteiger partial charge in [0.15, 0.2) is 0 Å². The lowest BCUT2D eigenvalue weighted by molar-refractivity contribution is 0.0760. The van der Waals surface area contributed by atoms with E-state index in [1.807, 2.05) is 6.92 Å². The lowest BCUT2D eigenvalue weighted by Gasteiger charge is -2.22. The van der Waals surface area contributed by atoms with Crippen LogP contribution in [0.3, 0.4) is 0 Å². The number of nitrogens with two attached hydrogens (primary N) is 1. The van der Waals surface area contributed by atoms with Crippen molar-refractivity contribution < 1.29 is 4.79 Å². The Kier molecular flexibility index (Phi) is 6.09. The molecule has 1 aromatic rings. The zero-order valence-corrected chi connectivity index (χ0v) is 11.9. The maximum atomic E-state index is 12.3. The quantitative estimate of drug-likeness (QED) is 0.817. The minimum absolute atomic E-state index is 0.00948. The largest absolute Gasteiger partial charge is 0.393 e. The average molecular weight is 285 g/mol. The fourth-order valence-electron chi connectivity index (χ4n) is 1.61. The van der Waals surface area contributed by atoms with E-state index in [0.29, 0.717) is 35.1 Å². The van der Waals surface area contributed by atoms with Crippen LogP contribution < -0.4 is 5.73 Å². The predicted octanol–water partition coefficient (Wildman–Crippen LogP) is 2.87. The SMILES string of the molecule is CCCN(CCC(N)=S)C(=O)c1ccc(Cl)cc1. The molecule has 98 valence electrons. The topological polar surface area (TPSA) is 46.3 Å². The summed E-state index contributed by atoms with van der Waals surface area (Å²) in [6, 6.07) is 6.89. The fraction of sp³-hybridized carbons (Fsp3) is 0.385. The van der Waals surface area contributed by atoms with Gasteiger partial charge in [0.25, 0.3) is 5.91 Å². The number of carbonyl (C=O) groups is 1. The maximum Gasteiger partial charge on any atom is 0.253 e. The van der Waals surface area contributed by atoms with Gasteiger partial charge in [0.2, 0.25) is 0 Å². The Bertz CT molecular complexity index is 420. The molecule has 0 saturated heterocycles. The first-order valence-electron chi connectivity index (χ1n) is 5.87. The van der Waals surface area contributed by atoms with Crippen LogP contribution in [0.4, 0.5) is 0 Å². The summed E-state index contributed by atoms with van der Waals surface area (Å²) < 4.78 is 0. The van der Waals surface area contributed by atoms with Gasteiger partial charge in [-0.2, -0.15) is 0 Å². The van der Waals surface area contributed by atoms with Gasteiger partial charge in [0.05, 0.1) is 4.99 Å². The summed E-state index contributed by atoms with van der Waals surface area (Å²) >= 11 is 10.6. The van der Waals surface area contributed by atoms with E-state index in [9.17, 15) is 4.79 Å². The van der Waals surface area contributed by atoms with Crippen LogP contribution in [0.25, 0.3) is 0 Å². The summed E-state index contributed by atoms with van der Waals surface area (Å²) in [7, 11) is 0. The van der Waals surface area contributed by atoms with Gasteiger partial charge in [-0.25, -0.2) is 0 Å². The first-order chi connectivity index (χ1) is 8.54. The lowest BCUT2D eigenvalue weighted by Crippen LogP contribution is -2.34. The van der Waals surface area contributed by atoms with Crippen LogP contribution in [0.2, 0.25) is 5.02 Å². The number of amides is 1. The van der Waals surface area contributed by atoms with Crippen LogP contribution in [0, 0.1) is 0 Å². The molecule has 0 atom stereocenters. The van der Waals surface area contributed by atoms with Gasteiger partial charge < -0.3 is 10.6 Å². The molecule has 0 aliphatic heterocycles. The Balaban J connectivity index is 2.75. The molecule has 0 spiro atoms. The zero-order chi connectivity index (χ0) is 13.5. The van der Waals surface area contributed by atoms with Crippen LogP contribution in [0.1, 0.15) is 30.1 Å². The van der Waals surface area contributed by atoms with Crippen LogP contribution in [-0.2, 0) is 0 Å². The highest BCUT2D eigenvalue weighted by atomic mass is 35.5. The van der Waals surface area contributed by atoms with E-state index in [4.69, 9.17) is 29.6 Å². The van der Waals surface area contributed by atoms with Gasteiger partial charge in [0.1, 0.15) is 0 Å². The van der Waals surface area contributed by atoms with Gasteiger partial charge in [-0.1, -0.05) is 30.7 Å². The summed E-state index contributed by atoms with van der Waals surface area (Å²) in [5.41, 5.74) is 6.11. The minimum atomic E-state index is -0.00948. The highest BCUT2D eigenvalue weighted by Crippen LogP contribution is 2.12. The molecule has 5 heteroatoms. The molecule has 3 nitrogen and oxygen atoms in total. The second-order valence-corrected chi connectivity index (χ2v) is 4.98. The zero-order valence-electron chi connectivity index (χ0n) is 10.4. The van der Waals surface area contributed by atoms with Crippen molar-refractivity contribution in [2.45, 2.75) is 19.8 Å². The normalized spacial score (nSPS) is 10.1. The van der Waals surface area contributed by atoms with Crippen molar-refractivity contribution in [1.82, 2.24) is 4.90 Å². The van der Waals surface area contributed by atoms with Crippen LogP contribution >= 0.6 is 23.8 Å². The predicted molar refractivity (Wildman–Crippen MR) is 79.0 cm³/mol. The van der Waals surface area contributed by atoms with Crippen molar-refractivity contribution in [2.24, 2.45) is 5.73 Å². The van der Waals surface area contributed by atoms with E-state index in [2.05, 4.69) is 0 Å². The summed E-state index contributed by atoms with van der Waals surface area (Å²) in [6.45, 7) is 3.29. The third-order valence-corrected chi connectivity index (χ3v) is 2.96. The Hall–Kier alpha value is -1.13. The van der Waals surface area contributed by atoms with E-state index in [1.54, 1.807) is 29.2 Å². The van der Waals surface area contributed by atoms with Gasteiger partial charge in [-0.15, -0.1) is 0 Å². The number of thiocarbonyl (C=S) groups is 1. The molecule has 18 heavy (non-hydrogen) atoms. The van der Waals surface area contributed by atoms with Crippen LogP contribution in [0.5, 0.6) is 0 Å². The molecule has 0 radical (unpaired) electrons. The maximum absolute atomic E-state index is 12.3. The van der Waals surface area contributed by atoms with Crippen molar-refractivity contribution in [3.05, 3.63) is 34.9 Å². The fourth-order valence-corrected chi connectivity index (χ4v) is 1.82. The third kappa shape index (κ3) is 4.63. The molecule has 1 rings (SSSR count). The van der Waals surface area contributed by atoms with Gasteiger partial charge in [-0.05, 0) is 30.7 Å². The second-order valence-electron chi connectivity index (χ2n) is 4.02. The monoisotopic (exact) mass is 284 g/mol. The lowest BCUT2D eigenvalue weighted by atomic mass is 10.2. The summed E-state index contributed by atoms with van der Waals surface area (Å²) in [5.74, 6) is -0.00948. The van der Waals surface area contributed by atoms with Crippen molar-refractivity contribution in [3.8, 4) is 0 Å². The number of benzene rings is 1. The highest BCUT2D eigenvalue weighted by molar-refractivity contribution is 7.80. The van der Waals surface area contributed by atoms with Crippen molar-refractivity contribution in [2.75, 3.05) is 13.1 Å². The van der Waals surface area contributed by atoms with Gasteiger partial charge in [-0.3, -0.25) is 4.79 Å². The number of hydrogen-bond acceptors (Lipinski definition) is 2. The summed E-state index contributed by atoms with van der Waals surface area (Å²) in [6.07, 6.45) is 1.45. The first kappa shape index (κ1) is 14.9. The number of rotatable bonds is 6. The van der Waals surface area contributed by atoms with E-state index < -0.39 is 0 Å². The van der Waals surface area contributed by atoms with E-state index in [1.165, 1.54) is 0 Å². The third-order valence-electron chi connectivity index (χ3n) is 2.50. The smallest absolute Gasteiger partial charge is 0.253 e. The van der Waals surface area contributed by atoms with E-state index >= 15 is 0 Å². The molecule has 2 N–H and O–H groups in total. The molecule has 0 saturated carbocycles. The number of halogens is 1. The molecule has 0 unspecified atom stereocenters. The molecular weight excluding hydrogens is 268 g/mol. The summed E-state index contributed by atoms with van der Waals surface area (Å²) in [4.78, 5) is 14.5. The molecule has 0 aliphatic rings. The standard InChI is InChI=1S/C13H17ClN2OS/c1-2-8-16(9-7-12(15)18)13(17)10-3-5-11(14)6-4-10/h3-6H,2,7-9H2,1H3,(H2,15,18). The Labute approximate surface area is 118 Å². The molecule has 0 fully saturated rings. The number of nitrogens with zero attached hydrogens (tertiary/aromatic N) is 1. The van der Waals surface area contributed by atoms with Crippen molar-refractivity contribution >= 4 is 34.7 Å². The molecular formula is C13H17ClN2OS. The van der Waals surface area contributed by atoms with E-state index in [0.717, 1.165) is 6.42 Å². The Morgan fingerprint density at radius 2 is 1.94 bits per heavy atom. The minimum Gasteiger partial charge on any atom is -0.393 e. The van der Waals surface area contributed by atoms with Crippen LogP contribution in [-0.4, -0.2) is 28.9 Å². The van der Waals surface area contributed by atoms with Crippen molar-refractivity contribution in [3.63, 3.8) is 0 Å². The molecule has 1 aromatic carbocycles. The number of hydrogen-bond donors (Lipinski definition) is 1. The molecule has 0 heterocycles. The number of carbonyl (C=O) groups excluding carboxylic acids is 1. The molecule has 0 bridgehead atoms. The Morgan fingerprint density at radius 1 is 1.33 bits per heavy atom. The van der Waals surface area contributed by atoms with Crippen LogP contribution in [0.15, 0.2) is 24.3 Å². The average Bonchev–Trinajstić information content (AvgIpc) is 2.34. The van der Waals surface area contributed by atoms with Gasteiger partial charge in [0, 0.05) is 30.1 Å². The Morgan fingerprint density at radius 3 is 2.44 bits per heavy atom. The van der Waals surface area contributed by atoms with E-state index in [-0.39, 0.29) is 5.91 Å². The first-order valence-corrected chi connectivity index (χ1v) is 6.66. The second kappa shape index (κ2) is 7.34. The summed E-state index contributed by atoms with van der Waals surface area (Å²) in [5, 5.41) is 0.622.